The summed E-state index contributed by atoms with van der Waals surface area (Å²) in [5, 5.41) is 3.07. The molecule has 1 atom stereocenters. The Morgan fingerprint density at radius 2 is 1.50 bits per heavy atom. The maximum atomic E-state index is 13.5. The summed E-state index contributed by atoms with van der Waals surface area (Å²) < 4.78 is 5.83. The summed E-state index contributed by atoms with van der Waals surface area (Å²) >= 11 is 0. The molecule has 0 saturated heterocycles. The molecule has 178 valence electrons. The Hall–Kier alpha value is -3.60. The predicted octanol–water partition coefficient (Wildman–Crippen LogP) is 4.93. The number of rotatable bonds is 9. The number of carbonyl (C=O) groups excluding carboxylic acids is 2. The monoisotopic (exact) mass is 458 g/mol. The summed E-state index contributed by atoms with van der Waals surface area (Å²) in [7, 11) is 0. The van der Waals surface area contributed by atoms with Crippen LogP contribution in [-0.2, 0) is 22.6 Å². The van der Waals surface area contributed by atoms with E-state index in [-0.39, 0.29) is 18.4 Å². The molecule has 2 amide bonds. The lowest BCUT2D eigenvalue weighted by Crippen LogP contribution is -2.55. The van der Waals surface area contributed by atoms with Crippen LogP contribution in [0.4, 0.5) is 0 Å². The number of nitrogens with zero attached hydrogens (tertiary/aromatic N) is 1. The van der Waals surface area contributed by atoms with Crippen LogP contribution in [0.15, 0.2) is 84.9 Å². The smallest absolute Gasteiger partial charge is 0.261 e. The minimum atomic E-state index is -0.685. The lowest BCUT2D eigenvalue weighted by Gasteiger charge is -2.33. The molecule has 3 rings (SSSR count). The Morgan fingerprint density at radius 1 is 0.882 bits per heavy atom. The first-order valence-corrected chi connectivity index (χ1v) is 11.6. The van der Waals surface area contributed by atoms with Gasteiger partial charge in [0.05, 0.1) is 0 Å². The molecule has 0 spiro atoms. The maximum Gasteiger partial charge on any atom is 0.261 e. The van der Waals surface area contributed by atoms with Gasteiger partial charge in [0.15, 0.2) is 6.61 Å². The molecule has 3 aromatic rings. The molecule has 5 heteroatoms. The molecule has 0 aromatic heterocycles. The molecule has 34 heavy (non-hydrogen) atoms. The lowest BCUT2D eigenvalue weighted by atomic mass is 10.0. The minimum absolute atomic E-state index is 0.148. The van der Waals surface area contributed by atoms with Crippen molar-refractivity contribution in [2.24, 2.45) is 0 Å². The summed E-state index contributed by atoms with van der Waals surface area (Å²) in [6, 6.07) is 26.4. The first-order chi connectivity index (χ1) is 16.2. The van der Waals surface area contributed by atoms with Crippen molar-refractivity contribution in [1.29, 1.82) is 0 Å². The van der Waals surface area contributed by atoms with Crippen LogP contribution in [0, 0.1) is 6.92 Å². The van der Waals surface area contributed by atoms with Gasteiger partial charge in [0.1, 0.15) is 11.8 Å². The third kappa shape index (κ3) is 7.77. The van der Waals surface area contributed by atoms with Gasteiger partial charge in [0.2, 0.25) is 5.91 Å². The first kappa shape index (κ1) is 25.0. The van der Waals surface area contributed by atoms with Gasteiger partial charge in [-0.1, -0.05) is 72.8 Å². The van der Waals surface area contributed by atoms with Crippen molar-refractivity contribution in [2.45, 2.75) is 52.2 Å². The van der Waals surface area contributed by atoms with Crippen molar-refractivity contribution in [1.82, 2.24) is 10.2 Å². The molecular weight excluding hydrogens is 424 g/mol. The fourth-order valence-corrected chi connectivity index (χ4v) is 3.72. The van der Waals surface area contributed by atoms with Crippen LogP contribution in [0.5, 0.6) is 5.75 Å². The zero-order chi connectivity index (χ0) is 24.6. The highest BCUT2D eigenvalue weighted by molar-refractivity contribution is 5.89. The van der Waals surface area contributed by atoms with Gasteiger partial charge >= 0.3 is 0 Å². The second-order valence-corrected chi connectivity index (χ2v) is 9.56. The average molecular weight is 459 g/mol. The highest BCUT2D eigenvalue weighted by Gasteiger charge is 2.32. The second kappa shape index (κ2) is 11.5. The fourth-order valence-electron chi connectivity index (χ4n) is 3.72. The molecule has 3 aromatic carbocycles. The van der Waals surface area contributed by atoms with Crippen molar-refractivity contribution in [3.05, 3.63) is 102 Å². The lowest BCUT2D eigenvalue weighted by molar-refractivity contribution is -0.143. The van der Waals surface area contributed by atoms with E-state index in [4.69, 9.17) is 4.74 Å². The van der Waals surface area contributed by atoms with Crippen LogP contribution in [0.25, 0.3) is 0 Å². The van der Waals surface area contributed by atoms with Gasteiger partial charge in [0.25, 0.3) is 5.91 Å². The Kier molecular flexibility index (Phi) is 8.47. The zero-order valence-electron chi connectivity index (χ0n) is 20.5. The largest absolute Gasteiger partial charge is 0.484 e. The van der Waals surface area contributed by atoms with E-state index in [9.17, 15) is 9.59 Å². The van der Waals surface area contributed by atoms with Gasteiger partial charge in [-0.25, -0.2) is 0 Å². The molecule has 0 unspecified atom stereocenters. The number of nitrogens with one attached hydrogen (secondary N) is 1. The van der Waals surface area contributed by atoms with E-state index in [0.29, 0.717) is 18.7 Å². The van der Waals surface area contributed by atoms with Gasteiger partial charge in [-0.05, 0) is 56.5 Å². The van der Waals surface area contributed by atoms with E-state index in [2.05, 4.69) is 5.32 Å². The number of hydrogen-bond donors (Lipinski definition) is 1. The molecule has 0 aliphatic rings. The average Bonchev–Trinajstić information content (AvgIpc) is 2.80. The van der Waals surface area contributed by atoms with Gasteiger partial charge in [-0.3, -0.25) is 9.59 Å². The third-order valence-electron chi connectivity index (χ3n) is 5.32. The van der Waals surface area contributed by atoms with E-state index in [1.807, 2.05) is 113 Å². The van der Waals surface area contributed by atoms with E-state index < -0.39 is 11.6 Å². The Bertz CT molecular complexity index is 1080. The van der Waals surface area contributed by atoms with Crippen molar-refractivity contribution < 1.29 is 14.3 Å². The predicted molar refractivity (Wildman–Crippen MR) is 135 cm³/mol. The van der Waals surface area contributed by atoms with Crippen LogP contribution in [0.1, 0.15) is 37.5 Å². The van der Waals surface area contributed by atoms with Crippen molar-refractivity contribution in [2.75, 3.05) is 6.61 Å². The van der Waals surface area contributed by atoms with Crippen LogP contribution < -0.4 is 10.1 Å². The molecule has 0 aliphatic heterocycles. The maximum absolute atomic E-state index is 13.5. The van der Waals surface area contributed by atoms with E-state index in [1.54, 1.807) is 4.90 Å². The quantitative estimate of drug-likeness (QED) is 0.495. The van der Waals surface area contributed by atoms with Crippen LogP contribution >= 0.6 is 0 Å². The summed E-state index contributed by atoms with van der Waals surface area (Å²) in [5.41, 5.74) is 2.57. The fraction of sp³-hybridized carbons (Fsp3) is 0.310. The molecule has 5 nitrogen and oxygen atoms in total. The van der Waals surface area contributed by atoms with Crippen LogP contribution in [-0.4, -0.2) is 34.9 Å². The minimum Gasteiger partial charge on any atom is -0.484 e. The number of benzene rings is 3. The Morgan fingerprint density at radius 3 is 2.09 bits per heavy atom. The molecule has 0 saturated carbocycles. The molecule has 0 fully saturated rings. The highest BCUT2D eigenvalue weighted by atomic mass is 16.5. The number of hydrogen-bond acceptors (Lipinski definition) is 3. The highest BCUT2D eigenvalue weighted by Crippen LogP contribution is 2.17. The number of amides is 2. The molecule has 0 radical (unpaired) electrons. The van der Waals surface area contributed by atoms with Gasteiger partial charge < -0.3 is 15.0 Å². The Labute approximate surface area is 202 Å². The second-order valence-electron chi connectivity index (χ2n) is 9.56. The first-order valence-electron chi connectivity index (χ1n) is 11.6. The van der Waals surface area contributed by atoms with Gasteiger partial charge in [-0.15, -0.1) is 0 Å². The Balaban J connectivity index is 1.90. The zero-order valence-corrected chi connectivity index (χ0v) is 20.5. The van der Waals surface area contributed by atoms with Crippen molar-refractivity contribution in [3.8, 4) is 5.75 Å². The third-order valence-corrected chi connectivity index (χ3v) is 5.32. The van der Waals surface area contributed by atoms with Crippen LogP contribution in [0.2, 0.25) is 0 Å². The number of aryl methyl sites for hydroxylation is 1. The molecule has 1 N–H and O–H groups in total. The summed E-state index contributed by atoms with van der Waals surface area (Å²) in [6.07, 6.45) is 0.409. The van der Waals surface area contributed by atoms with E-state index >= 15 is 0 Å². The standard InChI is InChI=1S/C29H34N2O3/c1-22-12-11-17-25(18-22)34-21-27(32)31(20-24-15-9-6-10-16-24)26(28(33)30-29(2,3)4)19-23-13-7-5-8-14-23/h5-18,26H,19-21H2,1-4H3,(H,30,33)/t26-/m0/s1. The molecule has 0 heterocycles. The van der Waals surface area contributed by atoms with Crippen molar-refractivity contribution in [3.63, 3.8) is 0 Å². The molecular formula is C29H34N2O3. The summed E-state index contributed by atoms with van der Waals surface area (Å²) in [4.78, 5) is 28.6. The van der Waals surface area contributed by atoms with Gasteiger partial charge in [0, 0.05) is 18.5 Å². The normalized spacial score (nSPS) is 12.0. The van der Waals surface area contributed by atoms with E-state index in [1.165, 1.54) is 0 Å². The topological polar surface area (TPSA) is 58.6 Å². The summed E-state index contributed by atoms with van der Waals surface area (Å²) in [6.45, 7) is 7.96. The summed E-state index contributed by atoms with van der Waals surface area (Å²) in [5.74, 6) is 0.207. The molecule has 0 aliphatic carbocycles. The molecule has 0 bridgehead atoms. The van der Waals surface area contributed by atoms with Crippen molar-refractivity contribution >= 4 is 11.8 Å². The SMILES string of the molecule is Cc1cccc(OCC(=O)N(Cc2ccccc2)[C@@H](Cc2ccccc2)C(=O)NC(C)(C)C)c1. The van der Waals surface area contributed by atoms with Gasteiger partial charge in [-0.2, -0.15) is 0 Å². The number of ether oxygens (including phenoxy) is 1. The van der Waals surface area contributed by atoms with Crippen LogP contribution in [0.3, 0.4) is 0 Å². The van der Waals surface area contributed by atoms with E-state index in [0.717, 1.165) is 16.7 Å². The number of carbonyl (C=O) groups is 2.